The van der Waals surface area contributed by atoms with Gasteiger partial charge in [-0.15, -0.1) is 12.4 Å². The zero-order valence-electron chi connectivity index (χ0n) is 12.8. The number of fused-ring (bicyclic) bond motifs is 1. The van der Waals surface area contributed by atoms with Crippen LogP contribution in [0.25, 0.3) is 0 Å². The van der Waals surface area contributed by atoms with Gasteiger partial charge in [-0.2, -0.15) is 0 Å². The number of aromatic hydroxyl groups is 1. The van der Waals surface area contributed by atoms with E-state index in [2.05, 4.69) is 43.3 Å². The number of likely N-dealkylation sites (N-methyl/N-ethyl adjacent to an activating group) is 1. The van der Waals surface area contributed by atoms with E-state index in [-0.39, 0.29) is 18.2 Å². The molecule has 0 saturated heterocycles. The molecule has 0 aliphatic heterocycles. The maximum absolute atomic E-state index is 9.97. The quantitative estimate of drug-likeness (QED) is 0.873. The second-order valence-corrected chi connectivity index (χ2v) is 6.43. The summed E-state index contributed by atoms with van der Waals surface area (Å²) in [5.74, 6) is 0.491. The van der Waals surface area contributed by atoms with E-state index in [1.54, 1.807) is 0 Å². The molecule has 2 atom stereocenters. The molecule has 0 unspecified atom stereocenters. The molecular weight excluding hydrogens is 317 g/mol. The van der Waals surface area contributed by atoms with Crippen LogP contribution in [0.5, 0.6) is 5.75 Å². The van der Waals surface area contributed by atoms with Gasteiger partial charge in [0.2, 0.25) is 0 Å². The Hall–Kier alpha value is -1.22. The third kappa shape index (κ3) is 3.24. The Balaban J connectivity index is 0.00000176. The molecule has 0 aromatic heterocycles. The van der Waals surface area contributed by atoms with Gasteiger partial charge >= 0.3 is 0 Å². The van der Waals surface area contributed by atoms with Crippen molar-refractivity contribution in [3.8, 4) is 5.75 Å². The van der Waals surface area contributed by atoms with Gasteiger partial charge in [0.1, 0.15) is 5.75 Å². The number of hydrogen-bond acceptors (Lipinski definition) is 2. The fourth-order valence-electron chi connectivity index (χ4n) is 3.25. The number of halogens is 2. The van der Waals surface area contributed by atoms with Crippen molar-refractivity contribution in [3.05, 3.63) is 64.2 Å². The minimum Gasteiger partial charge on any atom is -0.506 e. The van der Waals surface area contributed by atoms with Gasteiger partial charge in [-0.1, -0.05) is 41.9 Å². The lowest BCUT2D eigenvalue weighted by Crippen LogP contribution is -2.35. The molecule has 0 saturated carbocycles. The van der Waals surface area contributed by atoms with Crippen LogP contribution in [0.15, 0.2) is 42.5 Å². The van der Waals surface area contributed by atoms with Gasteiger partial charge in [-0.3, -0.25) is 0 Å². The Morgan fingerprint density at radius 2 is 1.82 bits per heavy atom. The average molecular weight is 338 g/mol. The first-order valence-electron chi connectivity index (χ1n) is 7.29. The van der Waals surface area contributed by atoms with Crippen LogP contribution in [0.2, 0.25) is 5.02 Å². The van der Waals surface area contributed by atoms with Crippen molar-refractivity contribution in [2.24, 2.45) is 0 Å². The number of hydrogen-bond donors (Lipinski definition) is 1. The molecule has 1 aliphatic rings. The predicted molar refractivity (Wildman–Crippen MR) is 94.4 cm³/mol. The molecule has 3 rings (SSSR count). The van der Waals surface area contributed by atoms with Crippen LogP contribution in [0.4, 0.5) is 0 Å². The Bertz CT molecular complexity index is 643. The van der Waals surface area contributed by atoms with E-state index >= 15 is 0 Å². The zero-order chi connectivity index (χ0) is 15.0. The van der Waals surface area contributed by atoms with Crippen LogP contribution in [0.1, 0.15) is 29.0 Å². The molecule has 4 heteroatoms. The van der Waals surface area contributed by atoms with E-state index in [4.69, 9.17) is 11.6 Å². The standard InChI is InChI=1S/C18H20ClNO.ClH/c1-20(2)14-8-13-9-17(19)18(21)11-16(13)15(10-14)12-6-4-3-5-7-12;/h3-7,9,11,14-15,21H,8,10H2,1-2H3;1H/t14-,15-;/m0./s1. The molecule has 0 radical (unpaired) electrons. The van der Waals surface area contributed by atoms with Crippen molar-refractivity contribution in [1.29, 1.82) is 0 Å². The third-order valence-corrected chi connectivity index (χ3v) is 4.78. The molecule has 0 heterocycles. The highest BCUT2D eigenvalue weighted by atomic mass is 35.5. The number of phenols is 1. The molecule has 2 aromatic carbocycles. The topological polar surface area (TPSA) is 23.5 Å². The Kier molecular flexibility index (Phi) is 5.38. The molecular formula is C18H21Cl2NO. The second kappa shape index (κ2) is 6.91. The summed E-state index contributed by atoms with van der Waals surface area (Å²) in [5.41, 5.74) is 3.75. The number of benzene rings is 2. The fraction of sp³-hybridized carbons (Fsp3) is 0.333. The maximum Gasteiger partial charge on any atom is 0.134 e. The molecule has 0 fully saturated rings. The van der Waals surface area contributed by atoms with E-state index < -0.39 is 0 Å². The fourth-order valence-corrected chi connectivity index (χ4v) is 3.44. The van der Waals surface area contributed by atoms with E-state index in [1.807, 2.05) is 18.2 Å². The maximum atomic E-state index is 9.97. The van der Waals surface area contributed by atoms with E-state index in [1.165, 1.54) is 16.7 Å². The summed E-state index contributed by atoms with van der Waals surface area (Å²) in [5, 5.41) is 10.4. The Morgan fingerprint density at radius 3 is 2.45 bits per heavy atom. The molecule has 2 nitrogen and oxygen atoms in total. The van der Waals surface area contributed by atoms with Gasteiger partial charge in [0.25, 0.3) is 0 Å². The van der Waals surface area contributed by atoms with Crippen LogP contribution in [-0.2, 0) is 6.42 Å². The lowest BCUT2D eigenvalue weighted by atomic mass is 9.76. The molecule has 118 valence electrons. The van der Waals surface area contributed by atoms with E-state index in [0.29, 0.717) is 17.0 Å². The molecule has 22 heavy (non-hydrogen) atoms. The minimum atomic E-state index is 0. The van der Waals surface area contributed by atoms with Gasteiger partial charge in [0.05, 0.1) is 5.02 Å². The highest BCUT2D eigenvalue weighted by Crippen LogP contribution is 2.41. The van der Waals surface area contributed by atoms with Gasteiger partial charge in [0.15, 0.2) is 0 Å². The first-order chi connectivity index (χ1) is 10.1. The molecule has 0 bridgehead atoms. The largest absolute Gasteiger partial charge is 0.506 e. The van der Waals surface area contributed by atoms with Gasteiger partial charge in [-0.05, 0) is 55.8 Å². The van der Waals surface area contributed by atoms with Gasteiger partial charge in [0, 0.05) is 12.0 Å². The summed E-state index contributed by atoms with van der Waals surface area (Å²) in [4.78, 5) is 2.28. The average Bonchev–Trinajstić information content (AvgIpc) is 2.48. The second-order valence-electron chi connectivity index (χ2n) is 6.02. The van der Waals surface area contributed by atoms with Gasteiger partial charge < -0.3 is 10.0 Å². The van der Waals surface area contributed by atoms with Gasteiger partial charge in [-0.25, -0.2) is 0 Å². The van der Waals surface area contributed by atoms with Crippen molar-refractivity contribution < 1.29 is 5.11 Å². The monoisotopic (exact) mass is 337 g/mol. The van der Waals surface area contributed by atoms with E-state index in [9.17, 15) is 5.11 Å². The normalized spacial score (nSPS) is 20.4. The van der Waals surface area contributed by atoms with Crippen LogP contribution in [0, 0.1) is 0 Å². The lowest BCUT2D eigenvalue weighted by molar-refractivity contribution is 0.258. The van der Waals surface area contributed by atoms with Crippen molar-refractivity contribution in [2.45, 2.75) is 24.8 Å². The first kappa shape index (κ1) is 17.1. The number of nitrogens with zero attached hydrogens (tertiary/aromatic N) is 1. The van der Waals surface area contributed by atoms with Crippen molar-refractivity contribution in [1.82, 2.24) is 4.90 Å². The summed E-state index contributed by atoms with van der Waals surface area (Å²) in [6, 6.07) is 14.8. The predicted octanol–water partition coefficient (Wildman–Crippen LogP) is 4.48. The summed E-state index contributed by atoms with van der Waals surface area (Å²) in [6.07, 6.45) is 2.04. The summed E-state index contributed by atoms with van der Waals surface area (Å²) >= 11 is 6.10. The third-order valence-electron chi connectivity index (χ3n) is 4.48. The Labute approximate surface area is 143 Å². The van der Waals surface area contributed by atoms with Crippen LogP contribution < -0.4 is 0 Å². The summed E-state index contributed by atoms with van der Waals surface area (Å²) in [6.45, 7) is 0. The van der Waals surface area contributed by atoms with Crippen LogP contribution in [0.3, 0.4) is 0 Å². The van der Waals surface area contributed by atoms with E-state index in [0.717, 1.165) is 12.8 Å². The molecule has 0 amide bonds. The van der Waals surface area contributed by atoms with Crippen LogP contribution >= 0.6 is 24.0 Å². The summed E-state index contributed by atoms with van der Waals surface area (Å²) in [7, 11) is 4.25. The van der Waals surface area contributed by atoms with Crippen molar-refractivity contribution in [2.75, 3.05) is 14.1 Å². The highest BCUT2D eigenvalue weighted by Gasteiger charge is 2.30. The Morgan fingerprint density at radius 1 is 1.14 bits per heavy atom. The molecule has 1 aliphatic carbocycles. The zero-order valence-corrected chi connectivity index (χ0v) is 14.4. The van der Waals surface area contributed by atoms with Crippen molar-refractivity contribution >= 4 is 24.0 Å². The number of rotatable bonds is 2. The SMILES string of the molecule is CN(C)[C@H]1Cc2cc(Cl)c(O)cc2[C@H](c2ccccc2)C1.Cl. The first-order valence-corrected chi connectivity index (χ1v) is 7.66. The molecule has 2 aromatic rings. The lowest BCUT2D eigenvalue weighted by Gasteiger charge is -2.35. The summed E-state index contributed by atoms with van der Waals surface area (Å²) < 4.78 is 0. The highest BCUT2D eigenvalue weighted by molar-refractivity contribution is 6.32. The van der Waals surface area contributed by atoms with Crippen molar-refractivity contribution in [3.63, 3.8) is 0 Å². The molecule has 0 spiro atoms. The van der Waals surface area contributed by atoms with Crippen LogP contribution in [-0.4, -0.2) is 30.1 Å². The number of phenolic OH excluding ortho intramolecular Hbond substituents is 1. The smallest absolute Gasteiger partial charge is 0.134 e. The molecule has 1 N–H and O–H groups in total. The minimum absolute atomic E-state index is 0.